The van der Waals surface area contributed by atoms with Gasteiger partial charge in [-0.15, -0.1) is 0 Å². The maximum Gasteiger partial charge on any atom is 0.142 e. The first kappa shape index (κ1) is 9.85. The van der Waals surface area contributed by atoms with Crippen LogP contribution in [0.5, 0.6) is 0 Å². The van der Waals surface area contributed by atoms with Crippen molar-refractivity contribution in [2.24, 2.45) is 0 Å². The van der Waals surface area contributed by atoms with E-state index in [2.05, 4.69) is 34.4 Å². The monoisotopic (exact) mass is 183 g/mol. The van der Waals surface area contributed by atoms with Crippen molar-refractivity contribution >= 4 is 11.5 Å². The topological polar surface area (TPSA) is 70.0 Å². The average Bonchev–Trinajstić information content (AvgIpc) is 2.52. The van der Waals surface area contributed by atoms with Crippen LogP contribution in [0, 0.1) is 0 Å². The number of H-pyrrole nitrogens is 1. The van der Waals surface area contributed by atoms with Crippen LogP contribution in [0.3, 0.4) is 0 Å². The first-order chi connectivity index (χ1) is 6.24. The normalized spacial score (nSPS) is 10.7. The number of likely N-dealkylation sites (N-methyl/N-ethyl adjacent to an activating group) is 1. The Labute approximate surface area is 78.3 Å². The van der Waals surface area contributed by atoms with Crippen LogP contribution in [0.15, 0.2) is 6.20 Å². The zero-order valence-electron chi connectivity index (χ0n) is 8.17. The number of nitrogens with two attached hydrogens (primary N) is 1. The van der Waals surface area contributed by atoms with Gasteiger partial charge in [-0.05, 0) is 13.6 Å². The lowest BCUT2D eigenvalue weighted by Crippen LogP contribution is -2.24. The second-order valence-electron chi connectivity index (χ2n) is 3.02. The predicted molar refractivity (Wildman–Crippen MR) is 54.7 cm³/mol. The molecule has 5 nitrogen and oxygen atoms in total. The second kappa shape index (κ2) is 4.71. The highest BCUT2D eigenvalue weighted by molar-refractivity contribution is 5.59. The lowest BCUT2D eigenvalue weighted by molar-refractivity contribution is 0.367. The molecule has 74 valence electrons. The van der Waals surface area contributed by atoms with Crippen molar-refractivity contribution in [3.05, 3.63) is 6.20 Å². The first-order valence-electron chi connectivity index (χ1n) is 4.45. The van der Waals surface area contributed by atoms with Gasteiger partial charge in [-0.25, -0.2) is 0 Å². The maximum atomic E-state index is 5.60. The van der Waals surface area contributed by atoms with Crippen molar-refractivity contribution in [3.63, 3.8) is 0 Å². The Hall–Kier alpha value is -1.23. The van der Waals surface area contributed by atoms with Gasteiger partial charge < -0.3 is 16.0 Å². The van der Waals surface area contributed by atoms with Crippen LogP contribution in [0.2, 0.25) is 0 Å². The number of hydrogen-bond donors (Lipinski definition) is 3. The summed E-state index contributed by atoms with van der Waals surface area (Å²) in [5.41, 5.74) is 6.47. The molecule has 0 aliphatic rings. The van der Waals surface area contributed by atoms with E-state index in [-0.39, 0.29) is 0 Å². The number of nitrogens with one attached hydrogen (secondary N) is 2. The summed E-state index contributed by atoms with van der Waals surface area (Å²) >= 11 is 0. The molecule has 0 radical (unpaired) electrons. The van der Waals surface area contributed by atoms with Crippen LogP contribution in [0.4, 0.5) is 11.5 Å². The van der Waals surface area contributed by atoms with Crippen LogP contribution in [-0.2, 0) is 0 Å². The summed E-state index contributed by atoms with van der Waals surface area (Å²) in [4.78, 5) is 2.23. The van der Waals surface area contributed by atoms with E-state index in [4.69, 9.17) is 5.73 Å². The molecule has 0 unspecified atom stereocenters. The molecule has 0 fully saturated rings. The van der Waals surface area contributed by atoms with Crippen molar-refractivity contribution in [2.45, 2.75) is 6.92 Å². The number of aromatic amines is 1. The minimum Gasteiger partial charge on any atom is -0.382 e. The molecule has 0 atom stereocenters. The van der Waals surface area contributed by atoms with Gasteiger partial charge in [-0.1, -0.05) is 6.92 Å². The number of nitrogen functional groups attached to an aromatic ring is 1. The van der Waals surface area contributed by atoms with Gasteiger partial charge in [0.1, 0.15) is 5.82 Å². The summed E-state index contributed by atoms with van der Waals surface area (Å²) in [6.45, 7) is 5.07. The van der Waals surface area contributed by atoms with Crippen molar-refractivity contribution in [1.82, 2.24) is 15.1 Å². The van der Waals surface area contributed by atoms with E-state index in [1.807, 2.05) is 0 Å². The molecule has 0 saturated carbocycles. The summed E-state index contributed by atoms with van der Waals surface area (Å²) in [5.74, 6) is 0.596. The molecule has 5 heteroatoms. The number of aromatic nitrogens is 2. The molecule has 1 heterocycles. The number of hydrogen-bond acceptors (Lipinski definition) is 4. The van der Waals surface area contributed by atoms with E-state index < -0.39 is 0 Å². The second-order valence-corrected chi connectivity index (χ2v) is 3.02. The Morgan fingerprint density at radius 1 is 1.69 bits per heavy atom. The molecule has 0 aromatic carbocycles. The van der Waals surface area contributed by atoms with Crippen molar-refractivity contribution in [3.8, 4) is 0 Å². The molecule has 4 N–H and O–H groups in total. The van der Waals surface area contributed by atoms with Crippen molar-refractivity contribution < 1.29 is 0 Å². The van der Waals surface area contributed by atoms with Crippen LogP contribution in [0.1, 0.15) is 6.92 Å². The van der Waals surface area contributed by atoms with Crippen LogP contribution in [0.25, 0.3) is 0 Å². The van der Waals surface area contributed by atoms with Crippen LogP contribution < -0.4 is 11.1 Å². The molecule has 0 spiro atoms. The SMILES string of the molecule is CCN(C)CCNc1cn[nH]c1N. The van der Waals surface area contributed by atoms with E-state index >= 15 is 0 Å². The van der Waals surface area contributed by atoms with E-state index in [9.17, 15) is 0 Å². The predicted octanol–water partition coefficient (Wildman–Crippen LogP) is 0.356. The van der Waals surface area contributed by atoms with Gasteiger partial charge in [-0.2, -0.15) is 5.10 Å². The van der Waals surface area contributed by atoms with Crippen molar-refractivity contribution in [1.29, 1.82) is 0 Å². The fourth-order valence-electron chi connectivity index (χ4n) is 0.977. The Balaban J connectivity index is 2.24. The highest BCUT2D eigenvalue weighted by Gasteiger charge is 1.99. The smallest absolute Gasteiger partial charge is 0.142 e. The lowest BCUT2D eigenvalue weighted by atomic mass is 10.4. The van der Waals surface area contributed by atoms with Gasteiger partial charge in [0.25, 0.3) is 0 Å². The van der Waals surface area contributed by atoms with Gasteiger partial charge in [0.05, 0.1) is 11.9 Å². The Morgan fingerprint density at radius 3 is 3.00 bits per heavy atom. The van der Waals surface area contributed by atoms with E-state index in [0.717, 1.165) is 25.3 Å². The summed E-state index contributed by atoms with van der Waals surface area (Å²) in [7, 11) is 2.08. The zero-order valence-corrected chi connectivity index (χ0v) is 8.17. The van der Waals surface area contributed by atoms with Gasteiger partial charge in [0, 0.05) is 13.1 Å². The van der Waals surface area contributed by atoms with E-state index in [1.165, 1.54) is 0 Å². The lowest BCUT2D eigenvalue weighted by Gasteiger charge is -2.13. The fraction of sp³-hybridized carbons (Fsp3) is 0.625. The fourth-order valence-corrected chi connectivity index (χ4v) is 0.977. The molecular weight excluding hydrogens is 166 g/mol. The third-order valence-corrected chi connectivity index (χ3v) is 2.02. The zero-order chi connectivity index (χ0) is 9.68. The molecule has 0 saturated heterocycles. The molecule has 13 heavy (non-hydrogen) atoms. The minimum absolute atomic E-state index is 0.596. The van der Waals surface area contributed by atoms with Gasteiger partial charge in [0.15, 0.2) is 0 Å². The third kappa shape index (κ3) is 2.95. The quantitative estimate of drug-likeness (QED) is 0.616. The van der Waals surface area contributed by atoms with E-state index in [1.54, 1.807) is 6.20 Å². The number of rotatable bonds is 5. The summed E-state index contributed by atoms with van der Waals surface area (Å²) in [6, 6.07) is 0. The highest BCUT2D eigenvalue weighted by atomic mass is 15.2. The molecule has 1 aromatic rings. The molecular formula is C8H17N5. The Kier molecular flexibility index (Phi) is 3.57. The molecule has 0 amide bonds. The third-order valence-electron chi connectivity index (χ3n) is 2.02. The Morgan fingerprint density at radius 2 is 2.46 bits per heavy atom. The van der Waals surface area contributed by atoms with Gasteiger partial charge in [-0.3, -0.25) is 5.10 Å². The summed E-state index contributed by atoms with van der Waals surface area (Å²) in [6.07, 6.45) is 1.70. The largest absolute Gasteiger partial charge is 0.382 e. The van der Waals surface area contributed by atoms with E-state index in [0.29, 0.717) is 5.82 Å². The summed E-state index contributed by atoms with van der Waals surface area (Å²) < 4.78 is 0. The Bertz CT molecular complexity index is 244. The highest BCUT2D eigenvalue weighted by Crippen LogP contribution is 2.11. The minimum atomic E-state index is 0.596. The van der Waals surface area contributed by atoms with Crippen LogP contribution >= 0.6 is 0 Å². The summed E-state index contributed by atoms with van der Waals surface area (Å²) in [5, 5.41) is 9.68. The van der Waals surface area contributed by atoms with Crippen molar-refractivity contribution in [2.75, 3.05) is 37.7 Å². The first-order valence-corrected chi connectivity index (χ1v) is 4.45. The standard InChI is InChI=1S/C8H17N5/c1-3-13(2)5-4-10-7-6-11-12-8(7)9/h6,10H,3-5H2,1-2H3,(H3,9,11,12). The molecule has 0 aliphatic carbocycles. The number of anilines is 2. The molecule has 1 aromatic heterocycles. The number of nitrogens with zero attached hydrogens (tertiary/aromatic N) is 2. The molecule has 0 aliphatic heterocycles. The molecule has 0 bridgehead atoms. The van der Waals surface area contributed by atoms with Gasteiger partial charge >= 0.3 is 0 Å². The maximum absolute atomic E-state index is 5.60. The van der Waals surface area contributed by atoms with Crippen LogP contribution in [-0.4, -0.2) is 41.8 Å². The van der Waals surface area contributed by atoms with Gasteiger partial charge in [0.2, 0.25) is 0 Å². The molecule has 1 rings (SSSR count). The average molecular weight is 183 g/mol.